The molecule has 5 heteroatoms. The van der Waals surface area contributed by atoms with Gasteiger partial charge in [-0.2, -0.15) is 5.10 Å². The highest BCUT2D eigenvalue weighted by atomic mass is 32.1. The third kappa shape index (κ3) is 2.16. The lowest BCUT2D eigenvalue weighted by atomic mass is 10.5. The zero-order chi connectivity index (χ0) is 8.93. The van der Waals surface area contributed by atoms with Gasteiger partial charge in [-0.25, -0.2) is 4.98 Å². The first-order chi connectivity index (χ1) is 6.45. The zero-order valence-electron chi connectivity index (χ0n) is 6.68. The van der Waals surface area contributed by atoms with Crippen molar-refractivity contribution < 1.29 is 4.42 Å². The van der Waals surface area contributed by atoms with Gasteiger partial charge >= 0.3 is 0 Å². The van der Waals surface area contributed by atoms with Crippen LogP contribution in [0.25, 0.3) is 0 Å². The molecule has 0 aliphatic heterocycles. The number of hydrazone groups is 1. The van der Waals surface area contributed by atoms with E-state index in [9.17, 15) is 0 Å². The molecule has 0 atom stereocenters. The summed E-state index contributed by atoms with van der Waals surface area (Å²) in [6.45, 7) is 0. The largest absolute Gasteiger partial charge is 0.463 e. The molecule has 0 spiro atoms. The second-order valence-corrected chi connectivity index (χ2v) is 3.12. The summed E-state index contributed by atoms with van der Waals surface area (Å²) >= 11 is 1.49. The van der Waals surface area contributed by atoms with Crippen molar-refractivity contribution in [2.45, 2.75) is 0 Å². The molecule has 13 heavy (non-hydrogen) atoms. The molecule has 2 aromatic rings. The molecule has 66 valence electrons. The minimum Gasteiger partial charge on any atom is -0.463 e. The highest BCUT2D eigenvalue weighted by molar-refractivity contribution is 7.13. The van der Waals surface area contributed by atoms with Gasteiger partial charge in [0.2, 0.25) is 5.13 Å². The fraction of sp³-hybridized carbons (Fsp3) is 0. The van der Waals surface area contributed by atoms with Crippen LogP contribution >= 0.6 is 11.3 Å². The summed E-state index contributed by atoms with van der Waals surface area (Å²) in [5.41, 5.74) is 2.78. The first-order valence-corrected chi connectivity index (χ1v) is 4.55. The van der Waals surface area contributed by atoms with E-state index in [1.807, 2.05) is 17.5 Å². The van der Waals surface area contributed by atoms with Gasteiger partial charge in [0, 0.05) is 11.6 Å². The molecule has 0 radical (unpaired) electrons. The Morgan fingerprint density at radius 3 is 3.31 bits per heavy atom. The van der Waals surface area contributed by atoms with E-state index < -0.39 is 0 Å². The van der Waals surface area contributed by atoms with Crippen molar-refractivity contribution in [1.82, 2.24) is 4.98 Å². The van der Waals surface area contributed by atoms with Crippen molar-refractivity contribution in [3.8, 4) is 0 Å². The van der Waals surface area contributed by atoms with Crippen LogP contribution in [0.3, 0.4) is 0 Å². The van der Waals surface area contributed by atoms with Gasteiger partial charge in [-0.3, -0.25) is 5.43 Å². The zero-order valence-corrected chi connectivity index (χ0v) is 7.49. The summed E-state index contributed by atoms with van der Waals surface area (Å²) in [6, 6.07) is 3.64. The Bertz CT molecular complexity index is 366. The van der Waals surface area contributed by atoms with Gasteiger partial charge in [0.05, 0.1) is 12.5 Å². The van der Waals surface area contributed by atoms with Crippen LogP contribution < -0.4 is 5.43 Å². The molecule has 0 aliphatic carbocycles. The Kier molecular flexibility index (Phi) is 2.38. The number of hydrogen-bond donors (Lipinski definition) is 1. The molecule has 0 fully saturated rings. The summed E-state index contributed by atoms with van der Waals surface area (Å²) in [7, 11) is 0. The average molecular weight is 193 g/mol. The second-order valence-electron chi connectivity index (χ2n) is 2.22. The Morgan fingerprint density at radius 2 is 2.62 bits per heavy atom. The summed E-state index contributed by atoms with van der Waals surface area (Å²) in [5, 5.41) is 6.58. The molecular formula is C8H7N3OS. The maximum Gasteiger partial charge on any atom is 0.203 e. The first-order valence-electron chi connectivity index (χ1n) is 3.67. The number of thiazole rings is 1. The number of rotatable bonds is 3. The molecular weight excluding hydrogens is 186 g/mol. The summed E-state index contributed by atoms with van der Waals surface area (Å²) < 4.78 is 5.05. The molecule has 0 saturated carbocycles. The maximum atomic E-state index is 5.05. The topological polar surface area (TPSA) is 50.4 Å². The Labute approximate surface area is 78.9 Å². The van der Waals surface area contributed by atoms with Gasteiger partial charge in [-0.05, 0) is 12.1 Å². The second kappa shape index (κ2) is 3.86. The van der Waals surface area contributed by atoms with Crippen molar-refractivity contribution in [3.05, 3.63) is 35.7 Å². The van der Waals surface area contributed by atoms with Crippen molar-refractivity contribution in [3.63, 3.8) is 0 Å². The lowest BCUT2D eigenvalue weighted by Gasteiger charge is -1.89. The van der Waals surface area contributed by atoms with Gasteiger partial charge in [-0.15, -0.1) is 11.3 Å². The number of furan rings is 1. The van der Waals surface area contributed by atoms with E-state index >= 15 is 0 Å². The minimum atomic E-state index is 0.712. The molecule has 0 unspecified atom stereocenters. The maximum absolute atomic E-state index is 5.05. The molecule has 2 heterocycles. The van der Waals surface area contributed by atoms with Crippen LogP contribution in [0.2, 0.25) is 0 Å². The Balaban J connectivity index is 1.93. The molecule has 2 rings (SSSR count). The van der Waals surface area contributed by atoms with Gasteiger partial charge in [-0.1, -0.05) is 0 Å². The first kappa shape index (κ1) is 8.00. The molecule has 1 N–H and O–H groups in total. The van der Waals surface area contributed by atoms with E-state index in [0.29, 0.717) is 5.76 Å². The predicted molar refractivity (Wildman–Crippen MR) is 52.0 cm³/mol. The van der Waals surface area contributed by atoms with Crippen LogP contribution in [-0.4, -0.2) is 11.2 Å². The lowest BCUT2D eigenvalue weighted by molar-refractivity contribution is 0.560. The Hall–Kier alpha value is -1.62. The minimum absolute atomic E-state index is 0.712. The van der Waals surface area contributed by atoms with E-state index in [-0.39, 0.29) is 0 Å². The van der Waals surface area contributed by atoms with Gasteiger partial charge in [0.1, 0.15) is 5.76 Å². The van der Waals surface area contributed by atoms with Crippen LogP contribution in [0, 0.1) is 0 Å². The standard InChI is InChI=1S/C8H7N3OS/c1-2-7(12-4-1)6-10-11-8-9-3-5-13-8/h1-6H,(H,9,11)/b10-6+. The van der Waals surface area contributed by atoms with Crippen LogP contribution in [0.5, 0.6) is 0 Å². The molecule has 0 saturated heterocycles. The van der Waals surface area contributed by atoms with E-state index in [1.54, 1.807) is 18.7 Å². The van der Waals surface area contributed by atoms with Gasteiger partial charge in [0.15, 0.2) is 0 Å². The molecule has 0 aliphatic rings. The van der Waals surface area contributed by atoms with Crippen LogP contribution in [0.4, 0.5) is 5.13 Å². The highest BCUT2D eigenvalue weighted by Crippen LogP contribution is 2.09. The van der Waals surface area contributed by atoms with Crippen LogP contribution in [0.15, 0.2) is 39.5 Å². The molecule has 2 aromatic heterocycles. The highest BCUT2D eigenvalue weighted by Gasteiger charge is 1.90. The van der Waals surface area contributed by atoms with Gasteiger partial charge in [0.25, 0.3) is 0 Å². The van der Waals surface area contributed by atoms with E-state index in [0.717, 1.165) is 5.13 Å². The smallest absolute Gasteiger partial charge is 0.203 e. The summed E-state index contributed by atoms with van der Waals surface area (Å²) in [5.74, 6) is 0.712. The third-order valence-corrected chi connectivity index (χ3v) is 2.01. The SMILES string of the molecule is C(=N\Nc1nccs1)/c1ccco1. The van der Waals surface area contributed by atoms with Crippen molar-refractivity contribution in [2.24, 2.45) is 5.10 Å². The van der Waals surface area contributed by atoms with Crippen LogP contribution in [-0.2, 0) is 0 Å². The van der Waals surface area contributed by atoms with Gasteiger partial charge < -0.3 is 4.42 Å². The summed E-state index contributed by atoms with van der Waals surface area (Å²) in [4.78, 5) is 4.00. The lowest BCUT2D eigenvalue weighted by Crippen LogP contribution is -1.87. The number of hydrogen-bond acceptors (Lipinski definition) is 5. The predicted octanol–water partition coefficient (Wildman–Crippen LogP) is 2.18. The number of anilines is 1. The normalized spacial score (nSPS) is 10.8. The number of aromatic nitrogens is 1. The van der Waals surface area contributed by atoms with E-state index in [1.165, 1.54) is 11.3 Å². The van der Waals surface area contributed by atoms with Crippen molar-refractivity contribution in [2.75, 3.05) is 5.43 Å². The Morgan fingerprint density at radius 1 is 1.62 bits per heavy atom. The number of nitrogens with zero attached hydrogens (tertiary/aromatic N) is 2. The summed E-state index contributed by atoms with van der Waals surface area (Å²) in [6.07, 6.45) is 4.92. The number of nitrogens with one attached hydrogen (secondary N) is 1. The molecule has 0 bridgehead atoms. The third-order valence-electron chi connectivity index (χ3n) is 1.33. The fourth-order valence-electron chi connectivity index (χ4n) is 0.794. The average Bonchev–Trinajstić information content (AvgIpc) is 2.75. The van der Waals surface area contributed by atoms with Crippen LogP contribution in [0.1, 0.15) is 5.76 Å². The van der Waals surface area contributed by atoms with Crippen molar-refractivity contribution >= 4 is 22.7 Å². The van der Waals surface area contributed by atoms with Crippen molar-refractivity contribution in [1.29, 1.82) is 0 Å². The quantitative estimate of drug-likeness (QED) is 0.600. The van der Waals surface area contributed by atoms with E-state index in [2.05, 4.69) is 15.5 Å². The molecule has 4 nitrogen and oxygen atoms in total. The molecule has 0 aromatic carbocycles. The molecule has 0 amide bonds. The monoisotopic (exact) mass is 193 g/mol. The fourth-order valence-corrected chi connectivity index (χ4v) is 1.27. The van der Waals surface area contributed by atoms with E-state index in [4.69, 9.17) is 4.42 Å².